The maximum atomic E-state index is 13.9. The van der Waals surface area contributed by atoms with E-state index in [0.717, 1.165) is 12.8 Å². The SMILES string of the molecule is O=C(NC1CC1)c1ccc(NC(=O)[C@H]2CC(=O)N(c3ccccc3F)C2)cc1. The van der Waals surface area contributed by atoms with Crippen molar-refractivity contribution in [2.45, 2.75) is 25.3 Å². The number of anilines is 2. The Bertz CT molecular complexity index is 925. The van der Waals surface area contributed by atoms with E-state index in [2.05, 4.69) is 10.6 Å². The predicted octanol–water partition coefficient (Wildman–Crippen LogP) is 2.71. The lowest BCUT2D eigenvalue weighted by molar-refractivity contribution is -0.122. The Balaban J connectivity index is 1.38. The van der Waals surface area contributed by atoms with E-state index >= 15 is 0 Å². The molecule has 3 amide bonds. The third-order valence-electron chi connectivity index (χ3n) is 4.97. The van der Waals surface area contributed by atoms with Crippen LogP contribution in [0, 0.1) is 11.7 Å². The summed E-state index contributed by atoms with van der Waals surface area (Å²) in [6.45, 7) is 0.132. The Morgan fingerprint density at radius 1 is 1.04 bits per heavy atom. The van der Waals surface area contributed by atoms with Gasteiger partial charge in [0.25, 0.3) is 5.91 Å². The van der Waals surface area contributed by atoms with E-state index in [1.807, 2.05) is 0 Å². The second-order valence-corrected chi connectivity index (χ2v) is 7.17. The molecule has 0 aromatic heterocycles. The molecule has 1 heterocycles. The molecule has 4 rings (SSSR count). The van der Waals surface area contributed by atoms with Crippen molar-refractivity contribution >= 4 is 29.1 Å². The van der Waals surface area contributed by atoms with Gasteiger partial charge < -0.3 is 15.5 Å². The summed E-state index contributed by atoms with van der Waals surface area (Å²) >= 11 is 0. The van der Waals surface area contributed by atoms with Crippen molar-refractivity contribution in [3.05, 3.63) is 59.9 Å². The number of carbonyl (C=O) groups is 3. The van der Waals surface area contributed by atoms with Gasteiger partial charge in [-0.1, -0.05) is 12.1 Å². The van der Waals surface area contributed by atoms with Crippen molar-refractivity contribution in [2.24, 2.45) is 5.92 Å². The molecule has 0 spiro atoms. The summed E-state index contributed by atoms with van der Waals surface area (Å²) in [7, 11) is 0. The molecule has 2 aliphatic rings. The molecule has 0 bridgehead atoms. The Labute approximate surface area is 161 Å². The summed E-state index contributed by atoms with van der Waals surface area (Å²) in [6, 6.07) is 12.9. The quantitative estimate of drug-likeness (QED) is 0.836. The third kappa shape index (κ3) is 3.88. The van der Waals surface area contributed by atoms with Gasteiger partial charge in [-0.3, -0.25) is 14.4 Å². The summed E-state index contributed by atoms with van der Waals surface area (Å²) in [5.41, 5.74) is 1.27. The van der Waals surface area contributed by atoms with Crippen LogP contribution in [0.1, 0.15) is 29.6 Å². The van der Waals surface area contributed by atoms with E-state index in [1.165, 1.54) is 17.0 Å². The number of hydrogen-bond acceptors (Lipinski definition) is 3. The zero-order valence-corrected chi connectivity index (χ0v) is 15.2. The smallest absolute Gasteiger partial charge is 0.251 e. The number of halogens is 1. The zero-order valence-electron chi connectivity index (χ0n) is 15.2. The fourth-order valence-electron chi connectivity index (χ4n) is 3.23. The summed E-state index contributed by atoms with van der Waals surface area (Å²) in [5.74, 6) is -1.76. The lowest BCUT2D eigenvalue weighted by Gasteiger charge is -2.17. The van der Waals surface area contributed by atoms with Gasteiger partial charge in [-0.2, -0.15) is 0 Å². The van der Waals surface area contributed by atoms with Gasteiger partial charge in [0.1, 0.15) is 5.82 Å². The van der Waals surface area contributed by atoms with E-state index in [0.29, 0.717) is 11.3 Å². The Morgan fingerprint density at radius 2 is 1.75 bits per heavy atom. The molecular formula is C21H20FN3O3. The minimum Gasteiger partial charge on any atom is -0.349 e. The first-order valence-electron chi connectivity index (χ1n) is 9.28. The van der Waals surface area contributed by atoms with Crippen molar-refractivity contribution in [1.82, 2.24) is 5.32 Å². The van der Waals surface area contributed by atoms with Crippen LogP contribution < -0.4 is 15.5 Å². The molecule has 2 aromatic carbocycles. The molecule has 0 unspecified atom stereocenters. The molecule has 6 nitrogen and oxygen atoms in total. The minimum absolute atomic E-state index is 0.0298. The number of nitrogens with zero attached hydrogens (tertiary/aromatic N) is 1. The van der Waals surface area contributed by atoms with E-state index in [9.17, 15) is 18.8 Å². The number of rotatable bonds is 5. The van der Waals surface area contributed by atoms with E-state index in [-0.39, 0.29) is 42.4 Å². The molecule has 1 aliphatic heterocycles. The highest BCUT2D eigenvalue weighted by Crippen LogP contribution is 2.28. The molecule has 144 valence electrons. The number of para-hydroxylation sites is 1. The van der Waals surface area contributed by atoms with Crippen molar-refractivity contribution in [1.29, 1.82) is 0 Å². The molecule has 2 N–H and O–H groups in total. The minimum atomic E-state index is -0.565. The van der Waals surface area contributed by atoms with Crippen LogP contribution in [0.2, 0.25) is 0 Å². The first-order valence-corrected chi connectivity index (χ1v) is 9.28. The number of nitrogens with one attached hydrogen (secondary N) is 2. The monoisotopic (exact) mass is 381 g/mol. The van der Waals surface area contributed by atoms with Gasteiger partial charge in [0.2, 0.25) is 11.8 Å². The first-order chi connectivity index (χ1) is 13.5. The molecule has 28 heavy (non-hydrogen) atoms. The van der Waals surface area contributed by atoms with E-state index in [1.54, 1.807) is 36.4 Å². The normalized spacial score (nSPS) is 18.8. The molecule has 1 saturated heterocycles. The number of carbonyl (C=O) groups excluding carboxylic acids is 3. The van der Waals surface area contributed by atoms with E-state index in [4.69, 9.17) is 0 Å². The van der Waals surface area contributed by atoms with Gasteiger partial charge in [-0.25, -0.2) is 4.39 Å². The number of hydrogen-bond donors (Lipinski definition) is 2. The largest absolute Gasteiger partial charge is 0.349 e. The second kappa shape index (κ2) is 7.42. The lowest BCUT2D eigenvalue weighted by Crippen LogP contribution is -2.28. The zero-order chi connectivity index (χ0) is 19.7. The summed E-state index contributed by atoms with van der Waals surface area (Å²) in [6.07, 6.45) is 2.07. The highest BCUT2D eigenvalue weighted by atomic mass is 19.1. The van der Waals surface area contributed by atoms with Crippen molar-refractivity contribution in [3.8, 4) is 0 Å². The van der Waals surface area contributed by atoms with Crippen LogP contribution in [0.4, 0.5) is 15.8 Å². The summed E-state index contributed by atoms with van der Waals surface area (Å²) in [5, 5.41) is 5.67. The van der Waals surface area contributed by atoms with Crippen LogP contribution in [0.15, 0.2) is 48.5 Å². The van der Waals surface area contributed by atoms with Gasteiger partial charge in [0.15, 0.2) is 0 Å². The van der Waals surface area contributed by atoms with Crippen molar-refractivity contribution < 1.29 is 18.8 Å². The molecule has 7 heteroatoms. The standard InChI is InChI=1S/C21H20FN3O3/c22-17-3-1-2-4-18(17)25-12-14(11-19(25)26)21(28)24-15-7-5-13(6-8-15)20(27)23-16-9-10-16/h1-8,14,16H,9-12H2,(H,23,27)(H,24,28)/t14-/m0/s1. The van der Waals surface area contributed by atoms with Gasteiger partial charge in [-0.05, 0) is 49.2 Å². The van der Waals surface area contributed by atoms with Crippen LogP contribution in [0.25, 0.3) is 0 Å². The van der Waals surface area contributed by atoms with Gasteiger partial charge in [-0.15, -0.1) is 0 Å². The highest BCUT2D eigenvalue weighted by Gasteiger charge is 2.36. The van der Waals surface area contributed by atoms with Crippen molar-refractivity contribution in [3.63, 3.8) is 0 Å². The van der Waals surface area contributed by atoms with Gasteiger partial charge in [0, 0.05) is 30.3 Å². The molecule has 2 fully saturated rings. The number of amides is 3. The Hall–Kier alpha value is -3.22. The van der Waals surface area contributed by atoms with Crippen LogP contribution >= 0.6 is 0 Å². The fraction of sp³-hybridized carbons (Fsp3) is 0.286. The summed E-state index contributed by atoms with van der Waals surface area (Å²) < 4.78 is 13.9. The Kier molecular flexibility index (Phi) is 4.81. The van der Waals surface area contributed by atoms with Crippen LogP contribution in [-0.2, 0) is 9.59 Å². The average Bonchev–Trinajstić information content (AvgIpc) is 3.42. The van der Waals surface area contributed by atoms with Gasteiger partial charge >= 0.3 is 0 Å². The van der Waals surface area contributed by atoms with E-state index < -0.39 is 11.7 Å². The molecule has 0 radical (unpaired) electrons. The topological polar surface area (TPSA) is 78.5 Å². The second-order valence-electron chi connectivity index (χ2n) is 7.17. The Morgan fingerprint density at radius 3 is 2.43 bits per heavy atom. The fourth-order valence-corrected chi connectivity index (χ4v) is 3.23. The van der Waals surface area contributed by atoms with Crippen LogP contribution in [0.3, 0.4) is 0 Å². The van der Waals surface area contributed by atoms with Crippen LogP contribution in [-0.4, -0.2) is 30.3 Å². The molecule has 2 aromatic rings. The highest BCUT2D eigenvalue weighted by molar-refractivity contribution is 6.03. The average molecular weight is 381 g/mol. The molecular weight excluding hydrogens is 361 g/mol. The summed E-state index contributed by atoms with van der Waals surface area (Å²) in [4.78, 5) is 38.1. The van der Waals surface area contributed by atoms with Crippen LogP contribution in [0.5, 0.6) is 0 Å². The third-order valence-corrected chi connectivity index (χ3v) is 4.97. The first kappa shape index (κ1) is 18.2. The maximum Gasteiger partial charge on any atom is 0.251 e. The number of benzene rings is 2. The molecule has 1 atom stereocenters. The predicted molar refractivity (Wildman–Crippen MR) is 102 cm³/mol. The van der Waals surface area contributed by atoms with Crippen molar-refractivity contribution in [2.75, 3.05) is 16.8 Å². The lowest BCUT2D eigenvalue weighted by atomic mass is 10.1. The molecule has 1 aliphatic carbocycles. The van der Waals surface area contributed by atoms with Gasteiger partial charge in [0.05, 0.1) is 11.6 Å². The maximum absolute atomic E-state index is 13.9. The molecule has 1 saturated carbocycles.